The van der Waals surface area contributed by atoms with Crippen molar-refractivity contribution in [3.8, 4) is 0 Å². The van der Waals surface area contributed by atoms with Crippen LogP contribution in [0.4, 0.5) is 5.95 Å². The molecule has 7 heteroatoms. The summed E-state index contributed by atoms with van der Waals surface area (Å²) in [6, 6.07) is 0. The molecule has 0 bridgehead atoms. The minimum atomic E-state index is -0.227. The van der Waals surface area contributed by atoms with Crippen LogP contribution >= 0.6 is 0 Å². The van der Waals surface area contributed by atoms with Crippen molar-refractivity contribution in [1.29, 1.82) is 0 Å². The molecule has 1 fully saturated rings. The second-order valence-corrected chi connectivity index (χ2v) is 7.02. The Balaban J connectivity index is 2.00. The standard InChI is InChI=1S/C16H25N5O2/c1-5-23-11-7-6-8-20(10-11)15-18-13-12(14(22)19-15)9-17-21(13)16(2,3)4/h9,11H,5-8,10H2,1-4H3,(H,18,19,22)/t11-/m1/s1. The Morgan fingerprint density at radius 1 is 1.43 bits per heavy atom. The van der Waals surface area contributed by atoms with Crippen LogP contribution in [0.15, 0.2) is 11.0 Å². The first kappa shape index (κ1) is 16.0. The maximum absolute atomic E-state index is 12.4. The molecule has 126 valence electrons. The van der Waals surface area contributed by atoms with Gasteiger partial charge in [0.1, 0.15) is 5.39 Å². The number of hydrogen-bond donors (Lipinski definition) is 1. The molecule has 2 aromatic rings. The monoisotopic (exact) mass is 319 g/mol. The number of hydrogen-bond acceptors (Lipinski definition) is 5. The van der Waals surface area contributed by atoms with Crippen molar-refractivity contribution < 1.29 is 4.74 Å². The summed E-state index contributed by atoms with van der Waals surface area (Å²) in [5, 5.41) is 4.88. The second-order valence-electron chi connectivity index (χ2n) is 7.02. The molecule has 0 spiro atoms. The molecular weight excluding hydrogens is 294 g/mol. The van der Waals surface area contributed by atoms with Gasteiger partial charge >= 0.3 is 0 Å². The van der Waals surface area contributed by atoms with Crippen LogP contribution in [0.3, 0.4) is 0 Å². The Bertz CT molecular complexity index is 741. The van der Waals surface area contributed by atoms with Gasteiger partial charge in [-0.3, -0.25) is 9.78 Å². The Kier molecular flexibility index (Phi) is 4.14. The van der Waals surface area contributed by atoms with Gasteiger partial charge in [-0.05, 0) is 40.5 Å². The predicted octanol–water partition coefficient (Wildman–Crippen LogP) is 1.88. The summed E-state index contributed by atoms with van der Waals surface area (Å²) in [7, 11) is 0. The van der Waals surface area contributed by atoms with Gasteiger partial charge in [-0.2, -0.15) is 10.1 Å². The van der Waals surface area contributed by atoms with E-state index in [1.54, 1.807) is 6.20 Å². The second kappa shape index (κ2) is 5.96. The van der Waals surface area contributed by atoms with Crippen molar-refractivity contribution in [2.75, 3.05) is 24.6 Å². The molecule has 0 radical (unpaired) electrons. The molecule has 1 atom stereocenters. The molecule has 3 rings (SSSR count). The lowest BCUT2D eigenvalue weighted by Crippen LogP contribution is -2.41. The van der Waals surface area contributed by atoms with E-state index in [-0.39, 0.29) is 17.2 Å². The molecule has 23 heavy (non-hydrogen) atoms. The fourth-order valence-electron chi connectivity index (χ4n) is 3.05. The summed E-state index contributed by atoms with van der Waals surface area (Å²) >= 11 is 0. The Labute approximate surface area is 135 Å². The molecule has 0 aromatic carbocycles. The smallest absolute Gasteiger partial charge is 0.263 e. The number of nitrogens with zero attached hydrogens (tertiary/aromatic N) is 4. The lowest BCUT2D eigenvalue weighted by molar-refractivity contribution is 0.0523. The first-order valence-electron chi connectivity index (χ1n) is 8.25. The van der Waals surface area contributed by atoms with Crippen molar-refractivity contribution in [1.82, 2.24) is 19.7 Å². The number of nitrogens with one attached hydrogen (secondary N) is 1. The lowest BCUT2D eigenvalue weighted by atomic mass is 10.1. The van der Waals surface area contributed by atoms with Gasteiger partial charge in [-0.15, -0.1) is 0 Å². The Morgan fingerprint density at radius 3 is 2.91 bits per heavy atom. The van der Waals surface area contributed by atoms with E-state index in [0.717, 1.165) is 25.9 Å². The molecule has 0 aliphatic carbocycles. The maximum Gasteiger partial charge on any atom is 0.263 e. The summed E-state index contributed by atoms with van der Waals surface area (Å²) in [5.41, 5.74) is 0.268. The predicted molar refractivity (Wildman–Crippen MR) is 90.0 cm³/mol. The van der Waals surface area contributed by atoms with Crippen LogP contribution in [0, 0.1) is 0 Å². The minimum Gasteiger partial charge on any atom is -0.377 e. The van der Waals surface area contributed by atoms with Gasteiger partial charge in [0.15, 0.2) is 5.65 Å². The van der Waals surface area contributed by atoms with Crippen molar-refractivity contribution in [3.63, 3.8) is 0 Å². The van der Waals surface area contributed by atoms with E-state index in [2.05, 4.69) is 15.0 Å². The van der Waals surface area contributed by atoms with E-state index >= 15 is 0 Å². The molecule has 1 N–H and O–H groups in total. The van der Waals surface area contributed by atoms with E-state index in [9.17, 15) is 4.79 Å². The van der Waals surface area contributed by atoms with Crippen LogP contribution in [0.2, 0.25) is 0 Å². The molecule has 7 nitrogen and oxygen atoms in total. The average Bonchev–Trinajstić information content (AvgIpc) is 2.92. The van der Waals surface area contributed by atoms with Gasteiger partial charge in [0.25, 0.3) is 5.56 Å². The SMILES string of the molecule is CCO[C@@H]1CCCN(c2nc3c(cnn3C(C)(C)C)c(=O)[nH]2)C1. The molecule has 1 aliphatic rings. The van der Waals surface area contributed by atoms with E-state index in [0.29, 0.717) is 23.6 Å². The third kappa shape index (κ3) is 3.10. The van der Waals surface area contributed by atoms with E-state index < -0.39 is 0 Å². The number of piperidine rings is 1. The van der Waals surface area contributed by atoms with Crippen LogP contribution < -0.4 is 10.5 Å². The van der Waals surface area contributed by atoms with Crippen LogP contribution in [-0.4, -0.2) is 45.5 Å². The zero-order valence-electron chi connectivity index (χ0n) is 14.3. The quantitative estimate of drug-likeness (QED) is 0.935. The Morgan fingerprint density at radius 2 is 2.22 bits per heavy atom. The van der Waals surface area contributed by atoms with Crippen LogP contribution in [0.1, 0.15) is 40.5 Å². The number of anilines is 1. The first-order chi connectivity index (χ1) is 10.9. The zero-order valence-corrected chi connectivity index (χ0v) is 14.3. The molecule has 0 unspecified atom stereocenters. The average molecular weight is 319 g/mol. The zero-order chi connectivity index (χ0) is 16.6. The third-order valence-corrected chi connectivity index (χ3v) is 4.14. The topological polar surface area (TPSA) is 76.0 Å². The van der Waals surface area contributed by atoms with Crippen LogP contribution in [0.5, 0.6) is 0 Å². The van der Waals surface area contributed by atoms with Crippen molar-refractivity contribution in [2.45, 2.75) is 52.2 Å². The number of aromatic nitrogens is 4. The molecule has 3 heterocycles. The van der Waals surface area contributed by atoms with Crippen molar-refractivity contribution in [2.24, 2.45) is 0 Å². The Hall–Kier alpha value is -1.89. The highest BCUT2D eigenvalue weighted by Crippen LogP contribution is 2.22. The lowest BCUT2D eigenvalue weighted by Gasteiger charge is -2.32. The summed E-state index contributed by atoms with van der Waals surface area (Å²) < 4.78 is 7.55. The molecule has 2 aromatic heterocycles. The highest BCUT2D eigenvalue weighted by atomic mass is 16.5. The van der Waals surface area contributed by atoms with Gasteiger partial charge < -0.3 is 9.64 Å². The molecule has 1 saturated heterocycles. The summed E-state index contributed by atoms with van der Waals surface area (Å²) in [6.07, 6.45) is 3.87. The number of rotatable bonds is 3. The largest absolute Gasteiger partial charge is 0.377 e. The fraction of sp³-hybridized carbons (Fsp3) is 0.688. The molecule has 0 saturated carbocycles. The highest BCUT2D eigenvalue weighted by Gasteiger charge is 2.24. The normalized spacial score (nSPS) is 19.5. The first-order valence-corrected chi connectivity index (χ1v) is 8.25. The van der Waals surface area contributed by atoms with E-state index in [1.165, 1.54) is 0 Å². The summed E-state index contributed by atoms with van der Waals surface area (Å²) in [5.74, 6) is 0.609. The number of ether oxygens (including phenoxy) is 1. The maximum atomic E-state index is 12.4. The summed E-state index contributed by atoms with van der Waals surface area (Å²) in [6.45, 7) is 10.5. The van der Waals surface area contributed by atoms with Crippen LogP contribution in [-0.2, 0) is 10.3 Å². The third-order valence-electron chi connectivity index (χ3n) is 4.14. The fourth-order valence-corrected chi connectivity index (χ4v) is 3.05. The number of fused-ring (bicyclic) bond motifs is 1. The van der Waals surface area contributed by atoms with Gasteiger partial charge in [-0.1, -0.05) is 0 Å². The molecular formula is C16H25N5O2. The van der Waals surface area contributed by atoms with E-state index in [4.69, 9.17) is 9.72 Å². The number of aromatic amines is 1. The van der Waals surface area contributed by atoms with E-state index in [1.807, 2.05) is 32.4 Å². The minimum absolute atomic E-state index is 0.140. The summed E-state index contributed by atoms with van der Waals surface area (Å²) in [4.78, 5) is 22.1. The number of H-pyrrole nitrogens is 1. The molecule has 0 amide bonds. The van der Waals surface area contributed by atoms with Crippen molar-refractivity contribution in [3.05, 3.63) is 16.6 Å². The van der Waals surface area contributed by atoms with Gasteiger partial charge in [0.2, 0.25) is 5.95 Å². The highest BCUT2D eigenvalue weighted by molar-refractivity contribution is 5.74. The van der Waals surface area contributed by atoms with Gasteiger partial charge in [0, 0.05) is 19.7 Å². The van der Waals surface area contributed by atoms with Gasteiger partial charge in [-0.25, -0.2) is 4.68 Å². The van der Waals surface area contributed by atoms with Crippen molar-refractivity contribution >= 4 is 17.0 Å². The van der Waals surface area contributed by atoms with Gasteiger partial charge in [0.05, 0.1) is 17.8 Å². The van der Waals surface area contributed by atoms with Crippen LogP contribution in [0.25, 0.3) is 11.0 Å². The molecule has 1 aliphatic heterocycles.